The molecule has 0 saturated carbocycles. The maximum absolute atomic E-state index is 15.2. The Morgan fingerprint density at radius 2 is 1.37 bits per heavy atom. The lowest BCUT2D eigenvalue weighted by Gasteiger charge is -2.30. The zero-order valence-corrected chi connectivity index (χ0v) is 20.7. The van der Waals surface area contributed by atoms with E-state index >= 15 is 4.39 Å². The van der Waals surface area contributed by atoms with Gasteiger partial charge in [-0.15, -0.1) is 0 Å². The number of ether oxygens (including phenoxy) is 3. The molecule has 0 N–H and O–H groups in total. The first-order valence-corrected chi connectivity index (χ1v) is 13.3. The molecule has 1 spiro atoms. The molecular formula is C25H20Cl2FNO5S. The molecule has 0 bridgehead atoms. The number of fused-ring (bicyclic) bond motifs is 5. The van der Waals surface area contributed by atoms with Crippen LogP contribution in [-0.2, 0) is 33.4 Å². The van der Waals surface area contributed by atoms with Crippen LogP contribution >= 0.6 is 23.2 Å². The summed E-state index contributed by atoms with van der Waals surface area (Å²) in [5.41, 5.74) is 3.27. The Balaban J connectivity index is 1.50. The summed E-state index contributed by atoms with van der Waals surface area (Å²) in [5.74, 6) is -2.09. The summed E-state index contributed by atoms with van der Waals surface area (Å²) in [4.78, 5) is -0.458. The molecule has 1 aliphatic carbocycles. The van der Waals surface area contributed by atoms with Gasteiger partial charge in [-0.2, -0.15) is 4.31 Å². The number of rotatable bonds is 2. The van der Waals surface area contributed by atoms with Gasteiger partial charge in [-0.05, 0) is 60.4 Å². The number of hydrogen-bond donors (Lipinski definition) is 0. The van der Waals surface area contributed by atoms with E-state index in [1.165, 1.54) is 10.4 Å². The largest absolute Gasteiger partial charge is 0.440 e. The van der Waals surface area contributed by atoms with Crippen LogP contribution < -0.4 is 9.47 Å². The van der Waals surface area contributed by atoms with Gasteiger partial charge in [0.1, 0.15) is 10.7 Å². The third-order valence-corrected chi connectivity index (χ3v) is 8.98. The van der Waals surface area contributed by atoms with Crippen LogP contribution in [0.15, 0.2) is 53.4 Å². The van der Waals surface area contributed by atoms with Crippen molar-refractivity contribution in [3.8, 4) is 11.5 Å². The normalized spacial score (nSPS) is 18.7. The van der Waals surface area contributed by atoms with E-state index in [2.05, 4.69) is 0 Å². The van der Waals surface area contributed by atoms with Crippen molar-refractivity contribution in [3.05, 3.63) is 86.6 Å². The van der Waals surface area contributed by atoms with Gasteiger partial charge in [-0.3, -0.25) is 0 Å². The minimum Gasteiger partial charge on any atom is -0.440 e. The first-order valence-electron chi connectivity index (χ1n) is 11.2. The molecule has 2 heterocycles. The number of nitrogens with zero attached hydrogens (tertiary/aromatic N) is 1. The molecule has 3 aromatic rings. The molecular weight excluding hydrogens is 516 g/mol. The molecule has 0 unspecified atom stereocenters. The molecule has 35 heavy (non-hydrogen) atoms. The third kappa shape index (κ3) is 3.70. The second-order valence-corrected chi connectivity index (χ2v) is 11.4. The first-order chi connectivity index (χ1) is 16.8. The number of hydrogen-bond acceptors (Lipinski definition) is 5. The van der Waals surface area contributed by atoms with Gasteiger partial charge in [0.05, 0.1) is 13.2 Å². The molecule has 1 fully saturated rings. The fraction of sp³-hybridized carbons (Fsp3) is 0.280. The molecule has 182 valence electrons. The van der Waals surface area contributed by atoms with Gasteiger partial charge in [-0.25, -0.2) is 12.8 Å². The standard InChI is InChI=1S/C25H20Cl2FNO5S/c26-17-3-5-19-15(11-17)1-2-16-12-18(27)4-6-20(16)25(19)33-22-13-21(28)24(14-23(22)34-25)35(30,31)29-7-9-32-10-8-29/h3-6,11-14H,1-2,7-10H2. The highest BCUT2D eigenvalue weighted by atomic mass is 35.5. The lowest BCUT2D eigenvalue weighted by molar-refractivity contribution is -0.0464. The topological polar surface area (TPSA) is 65.1 Å². The molecule has 0 amide bonds. The molecule has 6 rings (SSSR count). The van der Waals surface area contributed by atoms with Gasteiger partial charge < -0.3 is 14.2 Å². The van der Waals surface area contributed by atoms with Crippen LogP contribution in [0, 0.1) is 5.82 Å². The molecule has 2 aliphatic heterocycles. The van der Waals surface area contributed by atoms with Crippen LogP contribution in [0.5, 0.6) is 11.5 Å². The van der Waals surface area contributed by atoms with Crippen LogP contribution in [0.4, 0.5) is 4.39 Å². The van der Waals surface area contributed by atoms with Gasteiger partial charge in [0.15, 0.2) is 11.5 Å². The smallest absolute Gasteiger partial charge is 0.306 e. The van der Waals surface area contributed by atoms with E-state index in [4.69, 9.17) is 37.4 Å². The molecule has 3 aromatic carbocycles. The third-order valence-electron chi connectivity index (χ3n) is 6.60. The minimum atomic E-state index is -4.09. The van der Waals surface area contributed by atoms with Gasteiger partial charge in [0.25, 0.3) is 0 Å². The zero-order chi connectivity index (χ0) is 24.4. The van der Waals surface area contributed by atoms with E-state index in [9.17, 15) is 8.42 Å². The van der Waals surface area contributed by atoms with Crippen LogP contribution in [0.2, 0.25) is 10.0 Å². The lowest BCUT2D eigenvalue weighted by Crippen LogP contribution is -2.40. The number of sulfonamides is 1. The number of morpholine rings is 1. The predicted octanol–water partition coefficient (Wildman–Crippen LogP) is 4.92. The molecule has 3 aliphatic rings. The number of aryl methyl sites for hydroxylation is 2. The Morgan fingerprint density at radius 3 is 1.94 bits per heavy atom. The number of halogens is 3. The molecule has 0 atom stereocenters. The van der Waals surface area contributed by atoms with Crippen molar-refractivity contribution in [2.75, 3.05) is 26.3 Å². The molecule has 6 nitrogen and oxygen atoms in total. The quantitative estimate of drug-likeness (QED) is 0.465. The Morgan fingerprint density at radius 1 is 0.829 bits per heavy atom. The van der Waals surface area contributed by atoms with Crippen molar-refractivity contribution in [1.82, 2.24) is 4.31 Å². The van der Waals surface area contributed by atoms with Crippen molar-refractivity contribution in [3.63, 3.8) is 0 Å². The van der Waals surface area contributed by atoms with Crippen LogP contribution in [0.1, 0.15) is 22.3 Å². The Bertz CT molecular complexity index is 1400. The fourth-order valence-electron chi connectivity index (χ4n) is 4.95. The summed E-state index contributed by atoms with van der Waals surface area (Å²) in [6.07, 6.45) is 1.33. The average molecular weight is 536 g/mol. The SMILES string of the molecule is O=S(=O)(c1cc2c(cc1F)OC1(O2)c2ccc(Cl)cc2CCc2cc(Cl)ccc21)N1CCOCC1. The second-order valence-electron chi connectivity index (χ2n) is 8.67. The summed E-state index contributed by atoms with van der Waals surface area (Å²) in [6, 6.07) is 13.1. The molecule has 10 heteroatoms. The fourth-order valence-corrected chi connectivity index (χ4v) is 6.80. The van der Waals surface area contributed by atoms with Crippen LogP contribution in [0.25, 0.3) is 0 Å². The van der Waals surface area contributed by atoms with Gasteiger partial charge in [0.2, 0.25) is 10.0 Å². The van der Waals surface area contributed by atoms with E-state index in [-0.39, 0.29) is 37.8 Å². The highest BCUT2D eigenvalue weighted by molar-refractivity contribution is 7.89. The minimum absolute atomic E-state index is 0.118. The highest BCUT2D eigenvalue weighted by Gasteiger charge is 2.50. The van der Waals surface area contributed by atoms with Crippen molar-refractivity contribution < 1.29 is 27.0 Å². The summed E-state index contributed by atoms with van der Waals surface area (Å²) in [7, 11) is -4.09. The lowest BCUT2D eigenvalue weighted by atomic mass is 9.93. The van der Waals surface area contributed by atoms with Crippen molar-refractivity contribution in [2.24, 2.45) is 0 Å². The van der Waals surface area contributed by atoms with E-state index in [0.29, 0.717) is 22.9 Å². The molecule has 0 aromatic heterocycles. The molecule has 0 radical (unpaired) electrons. The highest BCUT2D eigenvalue weighted by Crippen LogP contribution is 2.52. The second kappa shape index (κ2) is 8.35. The summed E-state index contributed by atoms with van der Waals surface area (Å²) in [6.45, 7) is 0.825. The monoisotopic (exact) mass is 535 g/mol. The Kier molecular flexibility index (Phi) is 5.50. The van der Waals surface area contributed by atoms with Crippen LogP contribution in [0.3, 0.4) is 0 Å². The van der Waals surface area contributed by atoms with Gasteiger partial charge >= 0.3 is 5.79 Å². The maximum atomic E-state index is 15.2. The van der Waals surface area contributed by atoms with Crippen molar-refractivity contribution in [2.45, 2.75) is 23.5 Å². The van der Waals surface area contributed by atoms with Gasteiger partial charge in [-0.1, -0.05) is 23.2 Å². The Labute approximate surface area is 212 Å². The van der Waals surface area contributed by atoms with E-state index in [1.807, 2.05) is 24.3 Å². The maximum Gasteiger partial charge on any atom is 0.306 e. The summed E-state index contributed by atoms with van der Waals surface area (Å²) in [5, 5.41) is 1.15. The molecule has 1 saturated heterocycles. The summed E-state index contributed by atoms with van der Waals surface area (Å²) >= 11 is 12.6. The van der Waals surface area contributed by atoms with E-state index in [0.717, 1.165) is 28.3 Å². The summed E-state index contributed by atoms with van der Waals surface area (Å²) < 4.78 is 60.9. The van der Waals surface area contributed by atoms with E-state index < -0.39 is 26.5 Å². The number of benzene rings is 3. The van der Waals surface area contributed by atoms with Crippen molar-refractivity contribution in [1.29, 1.82) is 0 Å². The predicted molar refractivity (Wildman–Crippen MR) is 128 cm³/mol. The van der Waals surface area contributed by atoms with Crippen molar-refractivity contribution >= 4 is 33.2 Å². The van der Waals surface area contributed by atoms with Gasteiger partial charge in [0, 0.05) is 46.4 Å². The zero-order valence-electron chi connectivity index (χ0n) is 18.4. The first kappa shape index (κ1) is 23.1. The van der Waals surface area contributed by atoms with Crippen LogP contribution in [-0.4, -0.2) is 39.0 Å². The van der Waals surface area contributed by atoms with E-state index in [1.54, 1.807) is 12.1 Å². The average Bonchev–Trinajstić information content (AvgIpc) is 3.16. The Hall–Kier alpha value is -2.36.